The fourth-order valence-corrected chi connectivity index (χ4v) is 1.34. The molecule has 1 unspecified atom stereocenters. The second kappa shape index (κ2) is 2.42. The van der Waals surface area contributed by atoms with E-state index in [2.05, 4.69) is 21.6 Å². The van der Waals surface area contributed by atoms with E-state index in [9.17, 15) is 0 Å². The maximum atomic E-state index is 4.08. The molecule has 0 saturated carbocycles. The Labute approximate surface area is 59.8 Å². The number of nitrogens with one attached hydrogen (secondary N) is 2. The van der Waals surface area contributed by atoms with E-state index in [1.807, 2.05) is 0 Å². The van der Waals surface area contributed by atoms with Gasteiger partial charge in [-0.2, -0.15) is 5.10 Å². The van der Waals surface area contributed by atoms with Crippen LogP contribution in [-0.4, -0.2) is 23.3 Å². The predicted molar refractivity (Wildman–Crippen MR) is 37.7 cm³/mol. The smallest absolute Gasteiger partial charge is 0.0745 e. The van der Waals surface area contributed by atoms with Crippen LogP contribution in [0.4, 0.5) is 0 Å². The van der Waals surface area contributed by atoms with Gasteiger partial charge >= 0.3 is 0 Å². The maximum absolute atomic E-state index is 4.08. The summed E-state index contributed by atoms with van der Waals surface area (Å²) < 4.78 is 0. The number of nitrogens with zero attached hydrogens (tertiary/aromatic N) is 1. The SMILES string of the molecule is [c]1c[nH]nc1C1CCNC1. The molecule has 1 aliphatic rings. The molecule has 1 aliphatic heterocycles. The van der Waals surface area contributed by atoms with Crippen molar-refractivity contribution in [2.24, 2.45) is 0 Å². The van der Waals surface area contributed by atoms with E-state index < -0.39 is 0 Å². The summed E-state index contributed by atoms with van der Waals surface area (Å²) in [5.41, 5.74) is 1.07. The molecule has 53 valence electrons. The Kier molecular flexibility index (Phi) is 1.43. The minimum Gasteiger partial charge on any atom is -0.316 e. The molecule has 2 N–H and O–H groups in total. The summed E-state index contributed by atoms with van der Waals surface area (Å²) in [5.74, 6) is 0.589. The molecule has 10 heavy (non-hydrogen) atoms. The van der Waals surface area contributed by atoms with Gasteiger partial charge in [0.15, 0.2) is 0 Å². The Bertz CT molecular complexity index is 187. The Morgan fingerprint density at radius 1 is 1.70 bits per heavy atom. The minimum absolute atomic E-state index is 0.589. The maximum Gasteiger partial charge on any atom is 0.0745 e. The molecule has 2 heterocycles. The van der Waals surface area contributed by atoms with Crippen molar-refractivity contribution < 1.29 is 0 Å². The van der Waals surface area contributed by atoms with Crippen LogP contribution < -0.4 is 5.32 Å². The lowest BCUT2D eigenvalue weighted by molar-refractivity contribution is 0.728. The van der Waals surface area contributed by atoms with Crippen LogP contribution in [0.1, 0.15) is 18.0 Å². The van der Waals surface area contributed by atoms with Crippen molar-refractivity contribution in [1.82, 2.24) is 15.5 Å². The van der Waals surface area contributed by atoms with E-state index in [-0.39, 0.29) is 0 Å². The third kappa shape index (κ3) is 0.926. The predicted octanol–water partition coefficient (Wildman–Crippen LogP) is 0.287. The number of aromatic nitrogens is 2. The molecule has 1 aromatic rings. The first-order valence-corrected chi connectivity index (χ1v) is 3.59. The van der Waals surface area contributed by atoms with Crippen molar-refractivity contribution in [3.8, 4) is 0 Å². The van der Waals surface area contributed by atoms with Crippen LogP contribution in [0, 0.1) is 6.07 Å². The number of hydrogen-bond donors (Lipinski definition) is 2. The van der Waals surface area contributed by atoms with E-state index in [1.54, 1.807) is 6.20 Å². The van der Waals surface area contributed by atoms with Gasteiger partial charge in [-0.3, -0.25) is 5.10 Å². The number of hydrogen-bond acceptors (Lipinski definition) is 2. The molecular weight excluding hydrogens is 126 g/mol. The van der Waals surface area contributed by atoms with Crippen LogP contribution in [-0.2, 0) is 0 Å². The topological polar surface area (TPSA) is 40.7 Å². The van der Waals surface area contributed by atoms with Gasteiger partial charge in [-0.25, -0.2) is 0 Å². The summed E-state index contributed by atoms with van der Waals surface area (Å²) in [5, 5.41) is 10.1. The molecule has 0 aromatic carbocycles. The zero-order valence-corrected chi connectivity index (χ0v) is 5.72. The molecule has 3 heteroatoms. The van der Waals surface area contributed by atoms with Crippen molar-refractivity contribution in [3.63, 3.8) is 0 Å². The fourth-order valence-electron chi connectivity index (χ4n) is 1.34. The van der Waals surface area contributed by atoms with Crippen LogP contribution in [0.2, 0.25) is 0 Å². The summed E-state index contributed by atoms with van der Waals surface area (Å²) in [6.45, 7) is 2.17. The monoisotopic (exact) mass is 136 g/mol. The lowest BCUT2D eigenvalue weighted by Crippen LogP contribution is -2.08. The average Bonchev–Trinajstić information content (AvgIpc) is 2.59. The lowest BCUT2D eigenvalue weighted by atomic mass is 10.1. The van der Waals surface area contributed by atoms with Crippen LogP contribution in [0.25, 0.3) is 0 Å². The Balaban J connectivity index is 2.12. The highest BCUT2D eigenvalue weighted by Crippen LogP contribution is 2.18. The molecular formula is C7H10N3. The van der Waals surface area contributed by atoms with Gasteiger partial charge in [0.25, 0.3) is 0 Å². The number of rotatable bonds is 1. The highest BCUT2D eigenvalue weighted by molar-refractivity contribution is 5.06. The molecule has 1 fully saturated rings. The van der Waals surface area contributed by atoms with Gasteiger partial charge in [0, 0.05) is 24.7 Å². The number of aromatic amines is 1. The molecule has 0 aliphatic carbocycles. The van der Waals surface area contributed by atoms with Gasteiger partial charge in [-0.1, -0.05) is 0 Å². The van der Waals surface area contributed by atoms with Crippen LogP contribution in [0.5, 0.6) is 0 Å². The van der Waals surface area contributed by atoms with Crippen molar-refractivity contribution >= 4 is 0 Å². The average molecular weight is 136 g/mol. The fraction of sp³-hybridized carbons (Fsp3) is 0.571. The van der Waals surface area contributed by atoms with E-state index in [4.69, 9.17) is 0 Å². The third-order valence-corrected chi connectivity index (χ3v) is 1.92. The molecule has 1 aromatic heterocycles. The number of H-pyrrole nitrogens is 1. The van der Waals surface area contributed by atoms with Crippen molar-refractivity contribution in [1.29, 1.82) is 0 Å². The zero-order valence-electron chi connectivity index (χ0n) is 5.72. The van der Waals surface area contributed by atoms with E-state index in [1.165, 1.54) is 6.42 Å². The second-order valence-electron chi connectivity index (χ2n) is 2.60. The molecule has 3 nitrogen and oxygen atoms in total. The largest absolute Gasteiger partial charge is 0.316 e. The van der Waals surface area contributed by atoms with E-state index >= 15 is 0 Å². The van der Waals surface area contributed by atoms with Crippen molar-refractivity contribution in [2.45, 2.75) is 12.3 Å². The highest BCUT2D eigenvalue weighted by atomic mass is 15.1. The van der Waals surface area contributed by atoms with Gasteiger partial charge in [-0.15, -0.1) is 0 Å². The van der Waals surface area contributed by atoms with E-state index in [0.29, 0.717) is 5.92 Å². The highest BCUT2D eigenvalue weighted by Gasteiger charge is 2.17. The molecule has 2 rings (SSSR count). The third-order valence-electron chi connectivity index (χ3n) is 1.92. The lowest BCUT2D eigenvalue weighted by Gasteiger charge is -2.00. The summed E-state index contributed by atoms with van der Waals surface area (Å²) >= 11 is 0. The summed E-state index contributed by atoms with van der Waals surface area (Å²) in [6, 6.07) is 3.07. The van der Waals surface area contributed by atoms with Crippen LogP contribution >= 0.6 is 0 Å². The minimum atomic E-state index is 0.589. The van der Waals surface area contributed by atoms with Crippen molar-refractivity contribution in [3.05, 3.63) is 18.0 Å². The second-order valence-corrected chi connectivity index (χ2v) is 2.60. The van der Waals surface area contributed by atoms with Gasteiger partial charge in [0.05, 0.1) is 5.69 Å². The molecule has 1 saturated heterocycles. The van der Waals surface area contributed by atoms with Gasteiger partial charge in [-0.05, 0) is 13.0 Å². The molecule has 0 bridgehead atoms. The van der Waals surface area contributed by atoms with Gasteiger partial charge in [0.2, 0.25) is 0 Å². The van der Waals surface area contributed by atoms with Gasteiger partial charge < -0.3 is 5.32 Å². The Hall–Kier alpha value is -0.830. The van der Waals surface area contributed by atoms with Crippen LogP contribution in [0.15, 0.2) is 6.20 Å². The Morgan fingerprint density at radius 2 is 2.70 bits per heavy atom. The molecule has 0 spiro atoms. The Morgan fingerprint density at radius 3 is 3.30 bits per heavy atom. The first kappa shape index (κ1) is 5.92. The standard InChI is InChI=1S/C7H10N3/c1-3-8-5-6(1)7-2-4-9-10-7/h4,6,8H,1,3,5H2,(H,9,10). The molecule has 0 amide bonds. The van der Waals surface area contributed by atoms with E-state index in [0.717, 1.165) is 18.8 Å². The molecule has 1 radical (unpaired) electrons. The van der Waals surface area contributed by atoms with Crippen LogP contribution in [0.3, 0.4) is 0 Å². The summed E-state index contributed by atoms with van der Waals surface area (Å²) in [6.07, 6.45) is 2.95. The first-order valence-electron chi connectivity index (χ1n) is 3.59. The molecule has 1 atom stereocenters. The van der Waals surface area contributed by atoms with Gasteiger partial charge in [0.1, 0.15) is 0 Å². The normalized spacial score (nSPS) is 25.4. The quantitative estimate of drug-likeness (QED) is 0.582. The van der Waals surface area contributed by atoms with Crippen molar-refractivity contribution in [2.75, 3.05) is 13.1 Å². The summed E-state index contributed by atoms with van der Waals surface area (Å²) in [7, 11) is 0. The first-order chi connectivity index (χ1) is 4.97. The zero-order chi connectivity index (χ0) is 6.81. The summed E-state index contributed by atoms with van der Waals surface area (Å²) in [4.78, 5) is 0.